The van der Waals surface area contributed by atoms with Crippen LogP contribution in [0.4, 0.5) is 0 Å². The molecule has 0 saturated carbocycles. The Morgan fingerprint density at radius 1 is 1.33 bits per heavy atom. The summed E-state index contributed by atoms with van der Waals surface area (Å²) >= 11 is 0. The number of aryl methyl sites for hydroxylation is 3. The molecule has 0 aliphatic carbocycles. The summed E-state index contributed by atoms with van der Waals surface area (Å²) in [5.41, 5.74) is 3.23. The first kappa shape index (κ1) is 13.6. The number of hydrogen-bond donors (Lipinski definition) is 0. The van der Waals surface area contributed by atoms with Crippen molar-refractivity contribution in [2.45, 2.75) is 46.2 Å². The third-order valence-electron chi connectivity index (χ3n) is 4.03. The first-order valence-corrected chi connectivity index (χ1v) is 7.14. The molecule has 6 heteroatoms. The van der Waals surface area contributed by atoms with Crippen molar-refractivity contribution < 1.29 is 0 Å². The molecule has 1 aliphatic heterocycles. The first-order chi connectivity index (χ1) is 10.1. The van der Waals surface area contributed by atoms with E-state index in [1.807, 2.05) is 23.7 Å². The quantitative estimate of drug-likeness (QED) is 0.832. The smallest absolute Gasteiger partial charge is 0.269 e. The number of nitriles is 1. The Balaban J connectivity index is 1.99. The minimum Gasteiger partial charge on any atom is -0.269 e. The van der Waals surface area contributed by atoms with Gasteiger partial charge in [-0.05, 0) is 44.7 Å². The fourth-order valence-electron chi connectivity index (χ4n) is 2.72. The monoisotopic (exact) mass is 283 g/mol. The summed E-state index contributed by atoms with van der Waals surface area (Å²) in [7, 11) is 0. The van der Waals surface area contributed by atoms with Crippen LogP contribution in [0.2, 0.25) is 0 Å². The lowest BCUT2D eigenvalue weighted by Gasteiger charge is -2.11. The molecule has 1 aliphatic rings. The van der Waals surface area contributed by atoms with Gasteiger partial charge in [0.1, 0.15) is 11.6 Å². The summed E-state index contributed by atoms with van der Waals surface area (Å²) in [6.45, 7) is 4.81. The van der Waals surface area contributed by atoms with Gasteiger partial charge in [0.25, 0.3) is 5.56 Å². The molecule has 3 rings (SSSR count). The molecule has 0 saturated heterocycles. The average molecular weight is 283 g/mol. The molecule has 6 nitrogen and oxygen atoms in total. The van der Waals surface area contributed by atoms with Gasteiger partial charge in [-0.25, -0.2) is 4.68 Å². The highest BCUT2D eigenvalue weighted by Crippen LogP contribution is 2.15. The topological polar surface area (TPSA) is 76.5 Å². The van der Waals surface area contributed by atoms with Crippen LogP contribution in [-0.4, -0.2) is 19.6 Å². The second kappa shape index (κ2) is 5.17. The number of rotatable bonds is 2. The van der Waals surface area contributed by atoms with Crippen molar-refractivity contribution in [2.75, 3.05) is 0 Å². The van der Waals surface area contributed by atoms with Gasteiger partial charge in [0.05, 0.1) is 17.9 Å². The van der Waals surface area contributed by atoms with Gasteiger partial charge >= 0.3 is 0 Å². The summed E-state index contributed by atoms with van der Waals surface area (Å²) in [6.07, 6.45) is 3.37. The fraction of sp³-hybridized carbons (Fsp3) is 0.467. The number of aromatic nitrogens is 4. The third-order valence-corrected chi connectivity index (χ3v) is 4.03. The van der Waals surface area contributed by atoms with Crippen LogP contribution >= 0.6 is 0 Å². The van der Waals surface area contributed by atoms with Gasteiger partial charge in [-0.1, -0.05) is 0 Å². The van der Waals surface area contributed by atoms with Crippen LogP contribution in [0.15, 0.2) is 10.9 Å². The Kier molecular flexibility index (Phi) is 3.34. The van der Waals surface area contributed by atoms with Crippen LogP contribution in [-0.2, 0) is 19.5 Å². The Hall–Kier alpha value is -2.42. The zero-order valence-corrected chi connectivity index (χ0v) is 12.3. The molecule has 0 spiro atoms. The van der Waals surface area contributed by atoms with Gasteiger partial charge in [0, 0.05) is 12.2 Å². The van der Waals surface area contributed by atoms with Crippen LogP contribution in [0.25, 0.3) is 0 Å². The molecule has 21 heavy (non-hydrogen) atoms. The minimum absolute atomic E-state index is 0.173. The molecule has 0 amide bonds. The lowest BCUT2D eigenvalue weighted by molar-refractivity contribution is 0.480. The van der Waals surface area contributed by atoms with E-state index in [4.69, 9.17) is 5.26 Å². The lowest BCUT2D eigenvalue weighted by Crippen LogP contribution is -2.28. The fourth-order valence-corrected chi connectivity index (χ4v) is 2.72. The second-order valence-electron chi connectivity index (χ2n) is 5.47. The second-order valence-corrected chi connectivity index (χ2v) is 5.47. The van der Waals surface area contributed by atoms with Crippen molar-refractivity contribution >= 4 is 0 Å². The van der Waals surface area contributed by atoms with Gasteiger partial charge < -0.3 is 0 Å². The molecule has 0 radical (unpaired) electrons. The van der Waals surface area contributed by atoms with E-state index in [1.54, 1.807) is 6.92 Å². The molecule has 2 aromatic rings. The molecule has 108 valence electrons. The summed E-state index contributed by atoms with van der Waals surface area (Å²) in [4.78, 5) is 12.3. The molecule has 2 aromatic heterocycles. The Morgan fingerprint density at radius 2 is 2.14 bits per heavy atom. The van der Waals surface area contributed by atoms with E-state index in [1.165, 1.54) is 16.8 Å². The lowest BCUT2D eigenvalue weighted by atomic mass is 10.1. The zero-order chi connectivity index (χ0) is 15.0. The van der Waals surface area contributed by atoms with Gasteiger partial charge in [0.2, 0.25) is 0 Å². The van der Waals surface area contributed by atoms with Crippen molar-refractivity contribution in [3.63, 3.8) is 0 Å². The normalized spacial score (nSPS) is 13.8. The van der Waals surface area contributed by atoms with E-state index in [9.17, 15) is 4.79 Å². The molecule has 0 bridgehead atoms. The van der Waals surface area contributed by atoms with Gasteiger partial charge in [-0.15, -0.1) is 0 Å². The highest BCUT2D eigenvalue weighted by molar-refractivity contribution is 5.36. The maximum Gasteiger partial charge on any atom is 0.285 e. The number of hydrogen-bond acceptors (Lipinski definition) is 4. The Morgan fingerprint density at radius 3 is 2.86 bits per heavy atom. The van der Waals surface area contributed by atoms with Crippen molar-refractivity contribution in [1.82, 2.24) is 19.6 Å². The van der Waals surface area contributed by atoms with E-state index >= 15 is 0 Å². The molecule has 0 unspecified atom stereocenters. The predicted molar refractivity (Wildman–Crippen MR) is 77.0 cm³/mol. The molecule has 0 fully saturated rings. The van der Waals surface area contributed by atoms with E-state index < -0.39 is 0 Å². The van der Waals surface area contributed by atoms with Crippen LogP contribution in [0, 0.1) is 25.2 Å². The molecule has 0 N–H and O–H groups in total. The SMILES string of the molecule is Cc1nn(Cc2cc3n(n2)CCCC3)c(=O)c(C#N)c1C. The Labute approximate surface area is 122 Å². The highest BCUT2D eigenvalue weighted by Gasteiger charge is 2.15. The molecular formula is C15H17N5O. The molecule has 0 atom stereocenters. The predicted octanol–water partition coefficient (Wildman–Crippen LogP) is 1.31. The van der Waals surface area contributed by atoms with E-state index in [2.05, 4.69) is 10.2 Å². The Bertz CT molecular complexity index is 770. The van der Waals surface area contributed by atoms with Crippen molar-refractivity contribution in [3.8, 4) is 6.07 Å². The third kappa shape index (κ3) is 2.35. The number of fused-ring (bicyclic) bond motifs is 1. The van der Waals surface area contributed by atoms with E-state index in [0.717, 1.165) is 25.1 Å². The maximum atomic E-state index is 12.3. The van der Waals surface area contributed by atoms with E-state index in [0.29, 0.717) is 17.8 Å². The van der Waals surface area contributed by atoms with Crippen molar-refractivity contribution in [3.05, 3.63) is 44.6 Å². The van der Waals surface area contributed by atoms with Crippen molar-refractivity contribution in [1.29, 1.82) is 5.26 Å². The average Bonchev–Trinajstić information content (AvgIpc) is 2.87. The van der Waals surface area contributed by atoms with Gasteiger partial charge in [0.15, 0.2) is 0 Å². The summed E-state index contributed by atoms with van der Waals surface area (Å²) in [5, 5.41) is 18.0. The van der Waals surface area contributed by atoms with Crippen LogP contribution < -0.4 is 5.56 Å². The van der Waals surface area contributed by atoms with Crippen molar-refractivity contribution in [2.24, 2.45) is 0 Å². The summed E-state index contributed by atoms with van der Waals surface area (Å²) < 4.78 is 3.35. The van der Waals surface area contributed by atoms with Gasteiger partial charge in [-0.3, -0.25) is 9.48 Å². The molecular weight excluding hydrogens is 266 g/mol. The first-order valence-electron chi connectivity index (χ1n) is 7.14. The minimum atomic E-state index is -0.341. The van der Waals surface area contributed by atoms with Crippen LogP contribution in [0.3, 0.4) is 0 Å². The summed E-state index contributed by atoms with van der Waals surface area (Å²) in [6, 6.07) is 4.02. The van der Waals surface area contributed by atoms with Gasteiger partial charge in [-0.2, -0.15) is 15.5 Å². The van der Waals surface area contributed by atoms with Crippen LogP contribution in [0.5, 0.6) is 0 Å². The van der Waals surface area contributed by atoms with E-state index in [-0.39, 0.29) is 11.1 Å². The maximum absolute atomic E-state index is 12.3. The largest absolute Gasteiger partial charge is 0.285 e. The molecule has 0 aromatic carbocycles. The highest BCUT2D eigenvalue weighted by atomic mass is 16.1. The zero-order valence-electron chi connectivity index (χ0n) is 12.3. The number of nitrogens with zero attached hydrogens (tertiary/aromatic N) is 5. The summed E-state index contributed by atoms with van der Waals surface area (Å²) in [5.74, 6) is 0. The standard InChI is InChI=1S/C15H17N5O/c1-10-11(2)17-20(15(21)14(10)8-16)9-12-7-13-5-3-4-6-19(13)18-12/h7H,3-6,9H2,1-2H3. The van der Waals surface area contributed by atoms with Crippen LogP contribution in [0.1, 0.15) is 41.1 Å². The molecule has 3 heterocycles.